The predicted molar refractivity (Wildman–Crippen MR) is 99.9 cm³/mol. The molecule has 154 valence electrons. The molecule has 1 aromatic carbocycles. The molecule has 0 saturated carbocycles. The Morgan fingerprint density at radius 1 is 1.32 bits per heavy atom. The molecule has 0 aromatic heterocycles. The second-order valence-electron chi connectivity index (χ2n) is 7.21. The van der Waals surface area contributed by atoms with E-state index in [1.807, 2.05) is 13.8 Å². The largest absolute Gasteiger partial charge is 0.489 e. The molecule has 1 fully saturated rings. The first-order chi connectivity index (χ1) is 13.3. The summed E-state index contributed by atoms with van der Waals surface area (Å²) in [6.45, 7) is 5.35. The summed E-state index contributed by atoms with van der Waals surface area (Å²) in [5, 5.41) is 18.2. The lowest BCUT2D eigenvalue weighted by Crippen LogP contribution is -2.39. The van der Waals surface area contributed by atoms with Crippen molar-refractivity contribution in [2.75, 3.05) is 26.3 Å². The van der Waals surface area contributed by atoms with Gasteiger partial charge in [-0.1, -0.05) is 19.9 Å². The maximum atomic E-state index is 14.2. The molecule has 1 atom stereocenters. The Hall–Kier alpha value is -2.77. The quantitative estimate of drug-likeness (QED) is 0.621. The standard InChI is InChI=1S/C20H26FNO6/c1-13(2)11-27-17-7-3-6-15(21)19(17)28-12-14-5-4-8-22(10-14)16(20(25)26)9-18(23)24/h3,6-7,9,13-14H,4-5,8,10-12H2,1-2H3,(H,23,24)(H,25,26)/b16-9-/t14-/m0/s1. The molecule has 0 amide bonds. The molecule has 0 spiro atoms. The zero-order valence-corrected chi connectivity index (χ0v) is 16.1. The molecule has 1 aliphatic heterocycles. The fourth-order valence-electron chi connectivity index (χ4n) is 3.03. The molecule has 0 aliphatic carbocycles. The summed E-state index contributed by atoms with van der Waals surface area (Å²) in [5.74, 6) is -2.54. The fourth-order valence-corrected chi connectivity index (χ4v) is 3.03. The van der Waals surface area contributed by atoms with Crippen molar-refractivity contribution in [1.82, 2.24) is 4.90 Å². The minimum Gasteiger partial charge on any atom is -0.489 e. The molecule has 0 unspecified atom stereocenters. The Kier molecular flexibility index (Phi) is 7.66. The molecule has 1 aliphatic rings. The smallest absolute Gasteiger partial charge is 0.352 e. The first kappa shape index (κ1) is 21.5. The highest BCUT2D eigenvalue weighted by Gasteiger charge is 2.26. The number of carboxylic acid groups (broad SMARTS) is 2. The van der Waals surface area contributed by atoms with Crippen LogP contribution in [0.1, 0.15) is 26.7 Å². The minimum atomic E-state index is -1.31. The van der Waals surface area contributed by atoms with Crippen LogP contribution < -0.4 is 9.47 Å². The molecular weight excluding hydrogens is 369 g/mol. The lowest BCUT2D eigenvalue weighted by Gasteiger charge is -2.34. The van der Waals surface area contributed by atoms with Crippen molar-refractivity contribution in [3.05, 3.63) is 35.8 Å². The summed E-state index contributed by atoms with van der Waals surface area (Å²) in [5.41, 5.74) is -0.260. The maximum Gasteiger partial charge on any atom is 0.352 e. The Morgan fingerprint density at radius 3 is 2.71 bits per heavy atom. The molecule has 2 rings (SSSR count). The van der Waals surface area contributed by atoms with E-state index in [1.54, 1.807) is 12.1 Å². The third-order valence-corrected chi connectivity index (χ3v) is 4.31. The molecule has 8 heteroatoms. The van der Waals surface area contributed by atoms with Crippen molar-refractivity contribution in [3.63, 3.8) is 0 Å². The highest BCUT2D eigenvalue weighted by molar-refractivity contribution is 5.94. The number of carboxylic acids is 2. The van der Waals surface area contributed by atoms with E-state index >= 15 is 0 Å². The van der Waals surface area contributed by atoms with Gasteiger partial charge in [0.25, 0.3) is 0 Å². The minimum absolute atomic E-state index is 0.0415. The Labute approximate surface area is 163 Å². The van der Waals surface area contributed by atoms with Gasteiger partial charge in [0, 0.05) is 19.0 Å². The van der Waals surface area contributed by atoms with Gasteiger partial charge in [-0.2, -0.15) is 0 Å². The summed E-state index contributed by atoms with van der Waals surface area (Å²) in [4.78, 5) is 23.8. The molecule has 1 aromatic rings. The van der Waals surface area contributed by atoms with Crippen molar-refractivity contribution < 1.29 is 33.7 Å². The van der Waals surface area contributed by atoms with Crippen LogP contribution in [0.4, 0.5) is 4.39 Å². The molecule has 0 radical (unpaired) electrons. The van der Waals surface area contributed by atoms with Gasteiger partial charge in [-0.3, -0.25) is 0 Å². The third kappa shape index (κ3) is 6.14. The fraction of sp³-hybridized carbons (Fsp3) is 0.500. The molecule has 7 nitrogen and oxygen atoms in total. The molecular formula is C20H26FNO6. The Morgan fingerprint density at radius 2 is 2.07 bits per heavy atom. The van der Waals surface area contributed by atoms with Crippen molar-refractivity contribution >= 4 is 11.9 Å². The van der Waals surface area contributed by atoms with Gasteiger partial charge in [0.15, 0.2) is 17.3 Å². The molecule has 2 N–H and O–H groups in total. The number of piperidine rings is 1. The van der Waals surface area contributed by atoms with Crippen LogP contribution in [0.3, 0.4) is 0 Å². The normalized spacial score (nSPS) is 17.5. The van der Waals surface area contributed by atoms with Gasteiger partial charge in [0.2, 0.25) is 0 Å². The zero-order valence-electron chi connectivity index (χ0n) is 16.1. The van der Waals surface area contributed by atoms with Crippen molar-refractivity contribution in [2.24, 2.45) is 11.8 Å². The van der Waals surface area contributed by atoms with E-state index in [-0.39, 0.29) is 29.9 Å². The van der Waals surface area contributed by atoms with Crippen LogP contribution >= 0.6 is 0 Å². The average molecular weight is 395 g/mol. The molecule has 1 saturated heterocycles. The van der Waals surface area contributed by atoms with E-state index in [9.17, 15) is 19.1 Å². The van der Waals surface area contributed by atoms with E-state index in [2.05, 4.69) is 0 Å². The monoisotopic (exact) mass is 395 g/mol. The summed E-state index contributed by atoms with van der Waals surface area (Å²) < 4.78 is 25.5. The van der Waals surface area contributed by atoms with E-state index in [1.165, 1.54) is 11.0 Å². The van der Waals surface area contributed by atoms with Gasteiger partial charge in [-0.05, 0) is 30.9 Å². The first-order valence-corrected chi connectivity index (χ1v) is 9.25. The van der Waals surface area contributed by atoms with Crippen LogP contribution in [-0.2, 0) is 9.59 Å². The second kappa shape index (κ2) is 9.96. The maximum absolute atomic E-state index is 14.2. The van der Waals surface area contributed by atoms with Crippen LogP contribution in [0.5, 0.6) is 11.5 Å². The van der Waals surface area contributed by atoms with Gasteiger partial charge >= 0.3 is 11.9 Å². The van der Waals surface area contributed by atoms with Crippen molar-refractivity contribution in [2.45, 2.75) is 26.7 Å². The average Bonchev–Trinajstić information content (AvgIpc) is 2.63. The van der Waals surface area contributed by atoms with Crippen LogP contribution in [0.25, 0.3) is 0 Å². The molecule has 1 heterocycles. The van der Waals surface area contributed by atoms with Gasteiger partial charge < -0.3 is 24.6 Å². The van der Waals surface area contributed by atoms with E-state index in [0.717, 1.165) is 6.42 Å². The van der Waals surface area contributed by atoms with Crippen molar-refractivity contribution in [3.8, 4) is 11.5 Å². The van der Waals surface area contributed by atoms with Crippen LogP contribution in [-0.4, -0.2) is 53.4 Å². The molecule has 28 heavy (non-hydrogen) atoms. The summed E-state index contributed by atoms with van der Waals surface area (Å²) in [6.07, 6.45) is 2.15. The van der Waals surface area contributed by atoms with E-state index in [4.69, 9.17) is 14.6 Å². The summed E-state index contributed by atoms with van der Waals surface area (Å²) in [7, 11) is 0. The summed E-state index contributed by atoms with van der Waals surface area (Å²) >= 11 is 0. The van der Waals surface area contributed by atoms with Gasteiger partial charge in [0.1, 0.15) is 5.70 Å². The van der Waals surface area contributed by atoms with Gasteiger partial charge in [-0.15, -0.1) is 0 Å². The highest BCUT2D eigenvalue weighted by atomic mass is 19.1. The third-order valence-electron chi connectivity index (χ3n) is 4.31. The topological polar surface area (TPSA) is 96.3 Å². The first-order valence-electron chi connectivity index (χ1n) is 9.25. The lowest BCUT2D eigenvalue weighted by molar-refractivity contribution is -0.136. The number of carbonyl (C=O) groups is 2. The summed E-state index contributed by atoms with van der Waals surface area (Å²) in [6, 6.07) is 4.49. The van der Waals surface area contributed by atoms with Crippen LogP contribution in [0, 0.1) is 17.7 Å². The lowest BCUT2D eigenvalue weighted by atomic mass is 9.98. The van der Waals surface area contributed by atoms with Crippen molar-refractivity contribution in [1.29, 1.82) is 0 Å². The number of hydrogen-bond acceptors (Lipinski definition) is 5. The molecule has 0 bridgehead atoms. The van der Waals surface area contributed by atoms with Crippen LogP contribution in [0.2, 0.25) is 0 Å². The number of ether oxygens (including phenoxy) is 2. The Bertz CT molecular complexity index is 733. The van der Waals surface area contributed by atoms with Gasteiger partial charge in [-0.25, -0.2) is 14.0 Å². The predicted octanol–water partition coefficient (Wildman–Crippen LogP) is 3.00. The number of aliphatic carboxylic acids is 2. The van der Waals surface area contributed by atoms with Gasteiger partial charge in [0.05, 0.1) is 19.3 Å². The number of para-hydroxylation sites is 1. The van der Waals surface area contributed by atoms with E-state index in [0.29, 0.717) is 37.9 Å². The second-order valence-corrected chi connectivity index (χ2v) is 7.21. The van der Waals surface area contributed by atoms with Crippen LogP contribution in [0.15, 0.2) is 30.0 Å². The van der Waals surface area contributed by atoms with E-state index < -0.39 is 17.8 Å². The Balaban J connectivity index is 2.05. The zero-order chi connectivity index (χ0) is 20.7. The number of benzene rings is 1. The number of nitrogens with zero attached hydrogens (tertiary/aromatic N) is 1. The number of rotatable bonds is 9. The number of halogens is 1. The SMILES string of the molecule is CC(C)COc1cccc(F)c1OC[C@H]1CCCN(/C(=C\C(=O)O)C(=O)O)C1. The highest BCUT2D eigenvalue weighted by Crippen LogP contribution is 2.32. The number of likely N-dealkylation sites (tertiary alicyclic amines) is 1. The number of hydrogen-bond donors (Lipinski definition) is 2.